The Hall–Kier alpha value is -7.42. The van der Waals surface area contributed by atoms with Gasteiger partial charge in [-0.1, -0.05) is 164 Å². The topological polar surface area (TPSA) is 16.4 Å². The molecule has 1 aromatic heterocycles. The second-order valence-electron chi connectivity index (χ2n) is 16.7. The molecule has 2 aliphatic rings. The van der Waals surface area contributed by atoms with Gasteiger partial charge in [-0.25, -0.2) is 0 Å². The van der Waals surface area contributed by atoms with Crippen molar-refractivity contribution in [1.29, 1.82) is 0 Å². The normalized spacial score (nSPS) is 13.8. The van der Waals surface area contributed by atoms with Crippen LogP contribution in [0.4, 0.5) is 17.1 Å². The van der Waals surface area contributed by atoms with Gasteiger partial charge in [-0.3, -0.25) is 0 Å². The zero-order chi connectivity index (χ0) is 40.3. The number of benzene rings is 9. The second kappa shape index (κ2) is 14.4. The Balaban J connectivity index is 1.19. The summed E-state index contributed by atoms with van der Waals surface area (Å²) in [6.45, 7) is 0. The number of hydrogen-bond donors (Lipinski definition) is 0. The molecule has 0 radical (unpaired) electrons. The van der Waals surface area contributed by atoms with Gasteiger partial charge in [-0.15, -0.1) is 0 Å². The number of rotatable bonds is 7. The molecule has 2 heteroatoms. The molecule has 0 atom stereocenters. The van der Waals surface area contributed by atoms with E-state index in [1.54, 1.807) is 0 Å². The molecule has 61 heavy (non-hydrogen) atoms. The van der Waals surface area contributed by atoms with Crippen molar-refractivity contribution < 1.29 is 4.42 Å². The van der Waals surface area contributed by atoms with E-state index in [1.165, 1.54) is 79.6 Å². The van der Waals surface area contributed by atoms with Crippen LogP contribution >= 0.6 is 0 Å². The van der Waals surface area contributed by atoms with Gasteiger partial charge in [0, 0.05) is 27.7 Å². The third kappa shape index (κ3) is 5.70. The summed E-state index contributed by atoms with van der Waals surface area (Å²) in [5, 5.41) is 2.22. The lowest BCUT2D eigenvalue weighted by atomic mass is 9.67. The average Bonchev–Trinajstić information content (AvgIpc) is 3.85. The van der Waals surface area contributed by atoms with E-state index in [0.717, 1.165) is 51.8 Å². The van der Waals surface area contributed by atoms with E-state index in [9.17, 15) is 0 Å². The Morgan fingerprint density at radius 1 is 0.377 bits per heavy atom. The van der Waals surface area contributed by atoms with Crippen LogP contribution in [0.3, 0.4) is 0 Å². The Bertz CT molecular complexity index is 3200. The molecule has 0 bridgehead atoms. The van der Waals surface area contributed by atoms with Crippen molar-refractivity contribution >= 4 is 39.0 Å². The molecular weight excluding hydrogens is 739 g/mol. The van der Waals surface area contributed by atoms with E-state index in [-0.39, 0.29) is 0 Å². The summed E-state index contributed by atoms with van der Waals surface area (Å²) < 4.78 is 6.41. The number of fused-ring (bicyclic) bond motifs is 7. The van der Waals surface area contributed by atoms with Crippen LogP contribution in [0.25, 0.3) is 55.3 Å². The number of hydrogen-bond acceptors (Lipinski definition) is 2. The summed E-state index contributed by atoms with van der Waals surface area (Å²) in [6, 6.07) is 78.5. The van der Waals surface area contributed by atoms with E-state index in [2.05, 4.69) is 211 Å². The highest BCUT2D eigenvalue weighted by atomic mass is 16.3. The number of nitrogens with zero attached hydrogens (tertiary/aromatic N) is 1. The van der Waals surface area contributed by atoms with Gasteiger partial charge in [-0.05, 0) is 135 Å². The largest absolute Gasteiger partial charge is 0.456 e. The number of aryl methyl sites for hydroxylation is 2. The fraction of sp³-hybridized carbons (Fsp3) is 0.0847. The van der Waals surface area contributed by atoms with E-state index in [1.807, 2.05) is 6.07 Å². The lowest BCUT2D eigenvalue weighted by Crippen LogP contribution is -2.28. The molecule has 0 saturated heterocycles. The van der Waals surface area contributed by atoms with Gasteiger partial charge in [0.2, 0.25) is 0 Å². The van der Waals surface area contributed by atoms with Crippen LogP contribution in [0, 0.1) is 0 Å². The first-order chi connectivity index (χ1) is 30.2. The van der Waals surface area contributed by atoms with Crippen LogP contribution in [-0.4, -0.2) is 0 Å². The van der Waals surface area contributed by atoms with Crippen LogP contribution in [0.1, 0.15) is 46.2 Å². The third-order valence-corrected chi connectivity index (χ3v) is 13.3. The summed E-state index contributed by atoms with van der Waals surface area (Å²) in [6.07, 6.45) is 4.75. The van der Waals surface area contributed by atoms with Crippen LogP contribution in [0.2, 0.25) is 0 Å². The zero-order valence-electron chi connectivity index (χ0n) is 33.9. The molecule has 0 spiro atoms. The minimum atomic E-state index is -0.550. The molecule has 0 unspecified atom stereocenters. The summed E-state index contributed by atoms with van der Waals surface area (Å²) >= 11 is 0. The predicted octanol–water partition coefficient (Wildman–Crippen LogP) is 15.6. The van der Waals surface area contributed by atoms with Crippen molar-refractivity contribution in [3.8, 4) is 33.4 Å². The first kappa shape index (κ1) is 35.5. The molecular formula is C59H43NO. The third-order valence-electron chi connectivity index (χ3n) is 13.3. The standard InChI is InChI=1S/C59H43NO/c1-4-16-40(17-5-1)42-30-32-47(33-31-42)60(48-34-35-58-53(37-48)50-25-13-15-27-57(50)61-58)56-39-55-52(38-51(56)44-29-28-41-18-10-11-19-43(41)36-44)49-24-12-14-26-54(49)59(55,45-20-6-2-7-21-45)46-22-8-3-9-23-46/h1-9,12-17,20-39H,10-11,18-19H2. The highest BCUT2D eigenvalue weighted by molar-refractivity contribution is 6.07. The molecule has 10 aromatic rings. The summed E-state index contributed by atoms with van der Waals surface area (Å²) in [5.41, 5.74) is 20.0. The number of para-hydroxylation sites is 1. The van der Waals surface area contributed by atoms with Gasteiger partial charge in [0.25, 0.3) is 0 Å². The quantitative estimate of drug-likeness (QED) is 0.160. The van der Waals surface area contributed by atoms with Gasteiger partial charge in [0.15, 0.2) is 0 Å². The molecule has 2 aliphatic carbocycles. The van der Waals surface area contributed by atoms with Crippen molar-refractivity contribution in [3.63, 3.8) is 0 Å². The minimum Gasteiger partial charge on any atom is -0.456 e. The van der Waals surface area contributed by atoms with Crippen molar-refractivity contribution in [2.45, 2.75) is 31.1 Å². The molecule has 1 heterocycles. The fourth-order valence-electron chi connectivity index (χ4n) is 10.5. The molecule has 0 aliphatic heterocycles. The van der Waals surface area contributed by atoms with E-state index >= 15 is 0 Å². The first-order valence-electron chi connectivity index (χ1n) is 21.6. The molecule has 290 valence electrons. The van der Waals surface area contributed by atoms with Crippen LogP contribution in [-0.2, 0) is 18.3 Å². The van der Waals surface area contributed by atoms with E-state index in [4.69, 9.17) is 4.42 Å². The lowest BCUT2D eigenvalue weighted by Gasteiger charge is -2.35. The Morgan fingerprint density at radius 2 is 0.984 bits per heavy atom. The molecule has 9 aromatic carbocycles. The summed E-state index contributed by atoms with van der Waals surface area (Å²) in [5.74, 6) is 0. The highest BCUT2D eigenvalue weighted by Gasteiger charge is 2.47. The lowest BCUT2D eigenvalue weighted by molar-refractivity contribution is 0.669. The fourth-order valence-corrected chi connectivity index (χ4v) is 10.5. The van der Waals surface area contributed by atoms with Crippen molar-refractivity contribution in [2.24, 2.45) is 0 Å². The molecule has 12 rings (SSSR count). The van der Waals surface area contributed by atoms with E-state index < -0.39 is 5.41 Å². The molecule has 0 N–H and O–H groups in total. The van der Waals surface area contributed by atoms with Crippen molar-refractivity contribution in [1.82, 2.24) is 0 Å². The van der Waals surface area contributed by atoms with Gasteiger partial charge in [-0.2, -0.15) is 0 Å². The Labute approximate surface area is 357 Å². The monoisotopic (exact) mass is 781 g/mol. The van der Waals surface area contributed by atoms with Gasteiger partial charge in [0.1, 0.15) is 11.2 Å². The Kier molecular flexibility index (Phi) is 8.38. The number of anilines is 3. The molecule has 2 nitrogen and oxygen atoms in total. The SMILES string of the molecule is c1ccc(-c2ccc(N(c3ccc4oc5ccccc5c4c3)c3cc4c(cc3-c3ccc5c(c3)CCCC5)-c3ccccc3C4(c3ccccc3)c3ccccc3)cc2)cc1. The molecule has 0 fully saturated rings. The Morgan fingerprint density at radius 3 is 1.75 bits per heavy atom. The van der Waals surface area contributed by atoms with Gasteiger partial charge in [0.05, 0.1) is 11.1 Å². The van der Waals surface area contributed by atoms with E-state index in [0.29, 0.717) is 0 Å². The maximum absolute atomic E-state index is 6.41. The van der Waals surface area contributed by atoms with Crippen molar-refractivity contribution in [2.75, 3.05) is 4.90 Å². The van der Waals surface area contributed by atoms with Crippen LogP contribution in [0.15, 0.2) is 217 Å². The minimum absolute atomic E-state index is 0.550. The van der Waals surface area contributed by atoms with Crippen LogP contribution in [0.5, 0.6) is 0 Å². The second-order valence-corrected chi connectivity index (χ2v) is 16.7. The maximum atomic E-state index is 6.41. The molecule has 0 amide bonds. The maximum Gasteiger partial charge on any atom is 0.135 e. The zero-order valence-corrected chi connectivity index (χ0v) is 33.9. The van der Waals surface area contributed by atoms with Gasteiger partial charge >= 0.3 is 0 Å². The smallest absolute Gasteiger partial charge is 0.135 e. The average molecular weight is 782 g/mol. The van der Waals surface area contributed by atoms with Crippen molar-refractivity contribution in [3.05, 3.63) is 246 Å². The summed E-state index contributed by atoms with van der Waals surface area (Å²) in [4.78, 5) is 2.49. The highest BCUT2D eigenvalue weighted by Crippen LogP contribution is 2.59. The number of furan rings is 1. The van der Waals surface area contributed by atoms with Crippen LogP contribution < -0.4 is 4.90 Å². The first-order valence-corrected chi connectivity index (χ1v) is 21.6. The predicted molar refractivity (Wildman–Crippen MR) is 253 cm³/mol. The van der Waals surface area contributed by atoms with Gasteiger partial charge < -0.3 is 9.32 Å². The summed E-state index contributed by atoms with van der Waals surface area (Å²) in [7, 11) is 0. The molecule has 0 saturated carbocycles.